The number of morpholine rings is 1. The van der Waals surface area contributed by atoms with Crippen molar-refractivity contribution in [1.82, 2.24) is 20.2 Å². The molecule has 1 aromatic carbocycles. The van der Waals surface area contributed by atoms with Gasteiger partial charge in [0.1, 0.15) is 11.5 Å². The summed E-state index contributed by atoms with van der Waals surface area (Å²) in [6, 6.07) is 5.95. The minimum Gasteiger partial charge on any atom is -0.379 e. The number of nitrogens with zero attached hydrogens (tertiary/aromatic N) is 3. The number of ether oxygens (including phenoxy) is 1. The summed E-state index contributed by atoms with van der Waals surface area (Å²) in [5.74, 6) is -0.0106. The molecule has 0 amide bonds. The fourth-order valence-electron chi connectivity index (χ4n) is 2.15. The fourth-order valence-corrected chi connectivity index (χ4v) is 2.15. The Morgan fingerprint density at radius 3 is 2.64 bits per heavy atom. The van der Waals surface area contributed by atoms with Crippen LogP contribution in [0.15, 0.2) is 29.1 Å². The molecule has 2 aromatic rings. The van der Waals surface area contributed by atoms with Gasteiger partial charge in [-0.2, -0.15) is 0 Å². The molecule has 3 rings (SSSR count). The first-order valence-corrected chi connectivity index (χ1v) is 7.00. The van der Waals surface area contributed by atoms with Crippen molar-refractivity contribution in [3.05, 3.63) is 51.7 Å². The molecule has 116 valence electrons. The summed E-state index contributed by atoms with van der Waals surface area (Å²) in [6.45, 7) is 2.68. The summed E-state index contributed by atoms with van der Waals surface area (Å²) in [4.78, 5) is 14.7. The number of nitrogens with one attached hydrogen (secondary N) is 2. The van der Waals surface area contributed by atoms with Gasteiger partial charge < -0.3 is 4.74 Å². The molecule has 0 bridgehead atoms. The van der Waals surface area contributed by atoms with Crippen molar-refractivity contribution in [2.75, 3.05) is 31.7 Å². The van der Waals surface area contributed by atoms with E-state index >= 15 is 0 Å². The van der Waals surface area contributed by atoms with Gasteiger partial charge in [0.25, 0.3) is 5.56 Å². The zero-order valence-corrected chi connectivity index (χ0v) is 11.9. The van der Waals surface area contributed by atoms with Crippen molar-refractivity contribution in [1.29, 1.82) is 0 Å². The minimum atomic E-state index is -0.311. The minimum absolute atomic E-state index is 0.291. The van der Waals surface area contributed by atoms with Crippen molar-refractivity contribution in [2.24, 2.45) is 0 Å². The van der Waals surface area contributed by atoms with E-state index in [0.717, 1.165) is 5.56 Å². The summed E-state index contributed by atoms with van der Waals surface area (Å²) < 4.78 is 18.1. The Kier molecular flexibility index (Phi) is 4.40. The van der Waals surface area contributed by atoms with E-state index in [-0.39, 0.29) is 11.4 Å². The van der Waals surface area contributed by atoms with Crippen LogP contribution in [-0.2, 0) is 11.2 Å². The maximum Gasteiger partial charge on any atom is 0.274 e. The van der Waals surface area contributed by atoms with Crippen LogP contribution >= 0.6 is 0 Å². The first-order chi connectivity index (χ1) is 10.7. The standard InChI is InChI=1S/C14H16FN5O2/c15-11-3-1-10(2-4-11)9-12-13(21)16-14(18-17-12)19-20-5-7-22-8-6-20/h1-4H,5-9H2,(H2,16,18,19,21). The number of H-pyrrole nitrogens is 1. The molecule has 2 heterocycles. The number of anilines is 1. The van der Waals surface area contributed by atoms with Crippen LogP contribution in [0.25, 0.3) is 0 Å². The van der Waals surface area contributed by atoms with Crippen molar-refractivity contribution in [3.63, 3.8) is 0 Å². The number of hydrogen-bond donors (Lipinski definition) is 2. The Bertz CT molecular complexity index is 682. The topological polar surface area (TPSA) is 83.1 Å². The summed E-state index contributed by atoms with van der Waals surface area (Å²) in [5.41, 5.74) is 3.78. The van der Waals surface area contributed by atoms with Gasteiger partial charge in [-0.1, -0.05) is 12.1 Å². The van der Waals surface area contributed by atoms with Crippen molar-refractivity contribution in [3.8, 4) is 0 Å². The quantitative estimate of drug-likeness (QED) is 0.858. The summed E-state index contributed by atoms with van der Waals surface area (Å²) >= 11 is 0. The Morgan fingerprint density at radius 2 is 1.95 bits per heavy atom. The third-order valence-electron chi connectivity index (χ3n) is 3.32. The van der Waals surface area contributed by atoms with Crippen LogP contribution in [0.2, 0.25) is 0 Å². The second-order valence-corrected chi connectivity index (χ2v) is 4.96. The van der Waals surface area contributed by atoms with Gasteiger partial charge in [-0.3, -0.25) is 15.2 Å². The van der Waals surface area contributed by atoms with Crippen molar-refractivity contribution >= 4 is 5.95 Å². The van der Waals surface area contributed by atoms with E-state index in [1.54, 1.807) is 12.1 Å². The van der Waals surface area contributed by atoms with Crippen LogP contribution < -0.4 is 11.0 Å². The molecule has 0 atom stereocenters. The average Bonchev–Trinajstić information content (AvgIpc) is 2.53. The van der Waals surface area contributed by atoms with Crippen LogP contribution in [0.4, 0.5) is 10.3 Å². The zero-order chi connectivity index (χ0) is 15.4. The number of hydrazine groups is 1. The molecule has 1 saturated heterocycles. The van der Waals surface area contributed by atoms with E-state index in [2.05, 4.69) is 20.6 Å². The molecule has 0 saturated carbocycles. The van der Waals surface area contributed by atoms with Crippen LogP contribution in [-0.4, -0.2) is 46.5 Å². The second-order valence-electron chi connectivity index (χ2n) is 4.96. The third kappa shape index (κ3) is 3.66. The number of benzene rings is 1. The maximum absolute atomic E-state index is 12.9. The lowest BCUT2D eigenvalue weighted by atomic mass is 10.1. The monoisotopic (exact) mass is 305 g/mol. The largest absolute Gasteiger partial charge is 0.379 e. The Morgan fingerprint density at radius 1 is 1.23 bits per heavy atom. The molecule has 2 N–H and O–H groups in total. The Balaban J connectivity index is 1.69. The van der Waals surface area contributed by atoms with Crippen LogP contribution in [0, 0.1) is 5.82 Å². The summed E-state index contributed by atoms with van der Waals surface area (Å²) in [5, 5.41) is 9.83. The van der Waals surface area contributed by atoms with E-state index in [0.29, 0.717) is 44.4 Å². The highest BCUT2D eigenvalue weighted by molar-refractivity contribution is 5.24. The Labute approximate surface area is 126 Å². The third-order valence-corrected chi connectivity index (χ3v) is 3.32. The van der Waals surface area contributed by atoms with Gasteiger partial charge in [-0.05, 0) is 17.7 Å². The number of rotatable bonds is 4. The zero-order valence-electron chi connectivity index (χ0n) is 11.9. The van der Waals surface area contributed by atoms with E-state index in [1.165, 1.54) is 12.1 Å². The number of halogens is 1. The molecule has 1 fully saturated rings. The summed E-state index contributed by atoms with van der Waals surface area (Å²) in [6.07, 6.45) is 0.306. The van der Waals surface area contributed by atoms with Gasteiger partial charge in [-0.15, -0.1) is 10.2 Å². The molecule has 0 radical (unpaired) electrons. The van der Waals surface area contributed by atoms with Gasteiger partial charge in [0.2, 0.25) is 5.95 Å². The van der Waals surface area contributed by atoms with Gasteiger partial charge in [0, 0.05) is 19.5 Å². The highest BCUT2D eigenvalue weighted by atomic mass is 19.1. The fraction of sp³-hybridized carbons (Fsp3) is 0.357. The molecule has 1 aromatic heterocycles. The van der Waals surface area contributed by atoms with Crippen molar-refractivity contribution < 1.29 is 9.13 Å². The van der Waals surface area contributed by atoms with Gasteiger partial charge in [0.15, 0.2) is 0 Å². The van der Waals surface area contributed by atoms with Gasteiger partial charge >= 0.3 is 0 Å². The predicted octanol–water partition coefficient (Wildman–Crippen LogP) is 0.554. The molecule has 0 unspecified atom stereocenters. The first-order valence-electron chi connectivity index (χ1n) is 7.00. The second kappa shape index (κ2) is 6.63. The smallest absolute Gasteiger partial charge is 0.274 e. The van der Waals surface area contributed by atoms with Crippen LogP contribution in [0.5, 0.6) is 0 Å². The molecule has 1 aliphatic rings. The molecule has 0 spiro atoms. The summed E-state index contributed by atoms with van der Waals surface area (Å²) in [7, 11) is 0. The highest BCUT2D eigenvalue weighted by Crippen LogP contribution is 2.06. The molecule has 22 heavy (non-hydrogen) atoms. The molecule has 7 nitrogen and oxygen atoms in total. The number of aromatic nitrogens is 3. The average molecular weight is 305 g/mol. The lowest BCUT2D eigenvalue weighted by Crippen LogP contribution is -2.41. The molecule has 1 aliphatic heterocycles. The molecular weight excluding hydrogens is 289 g/mol. The van der Waals surface area contributed by atoms with E-state index in [4.69, 9.17) is 4.74 Å². The van der Waals surface area contributed by atoms with Crippen LogP contribution in [0.3, 0.4) is 0 Å². The first kappa shape index (κ1) is 14.6. The van der Waals surface area contributed by atoms with E-state index in [1.807, 2.05) is 5.01 Å². The molecular formula is C14H16FN5O2. The normalized spacial score (nSPS) is 15.7. The van der Waals surface area contributed by atoms with E-state index in [9.17, 15) is 9.18 Å². The number of hydrogen-bond acceptors (Lipinski definition) is 6. The molecule has 8 heteroatoms. The van der Waals surface area contributed by atoms with Crippen LogP contribution in [0.1, 0.15) is 11.3 Å². The Hall–Kier alpha value is -2.32. The number of aromatic amines is 1. The predicted molar refractivity (Wildman–Crippen MR) is 77.9 cm³/mol. The van der Waals surface area contributed by atoms with E-state index < -0.39 is 0 Å². The van der Waals surface area contributed by atoms with Gasteiger partial charge in [-0.25, -0.2) is 9.40 Å². The lowest BCUT2D eigenvalue weighted by Gasteiger charge is -2.26. The maximum atomic E-state index is 12.9. The lowest BCUT2D eigenvalue weighted by molar-refractivity contribution is 0.0492. The van der Waals surface area contributed by atoms with Crippen molar-refractivity contribution in [2.45, 2.75) is 6.42 Å². The van der Waals surface area contributed by atoms with Gasteiger partial charge in [0.05, 0.1) is 13.2 Å². The SMILES string of the molecule is O=c1[nH]c(NN2CCOCC2)nnc1Cc1ccc(F)cc1. The molecule has 0 aliphatic carbocycles. The highest BCUT2D eigenvalue weighted by Gasteiger charge is 2.12.